The lowest BCUT2D eigenvalue weighted by Crippen LogP contribution is -2.28. The Bertz CT molecular complexity index is 609. The first-order chi connectivity index (χ1) is 9.46. The molecular formula is C12H17N3O4S. The van der Waals surface area contributed by atoms with Crippen LogP contribution in [0.2, 0.25) is 0 Å². The zero-order valence-electron chi connectivity index (χ0n) is 11.2. The molecule has 1 heterocycles. The fourth-order valence-corrected chi connectivity index (χ4v) is 3.95. The van der Waals surface area contributed by atoms with Gasteiger partial charge in [-0.15, -0.1) is 0 Å². The second-order valence-electron chi connectivity index (χ2n) is 4.58. The van der Waals surface area contributed by atoms with Crippen LogP contribution in [0.4, 0.5) is 11.4 Å². The van der Waals surface area contributed by atoms with Gasteiger partial charge in [-0.1, -0.05) is 0 Å². The molecule has 0 spiro atoms. The summed E-state index contributed by atoms with van der Waals surface area (Å²) in [4.78, 5) is 10.2. The Balaban J connectivity index is 2.51. The molecule has 2 rings (SSSR count). The molecule has 0 saturated carbocycles. The summed E-state index contributed by atoms with van der Waals surface area (Å²) in [5.41, 5.74) is 0.189. The van der Waals surface area contributed by atoms with Crippen molar-refractivity contribution in [2.75, 3.05) is 25.0 Å². The normalized spacial score (nSPS) is 16.2. The summed E-state index contributed by atoms with van der Waals surface area (Å²) in [5.74, 6) is 0. The third kappa shape index (κ3) is 2.75. The van der Waals surface area contributed by atoms with Gasteiger partial charge >= 0.3 is 0 Å². The number of nitrogens with one attached hydrogen (secondary N) is 1. The lowest BCUT2D eigenvalue weighted by Gasteiger charge is -2.16. The van der Waals surface area contributed by atoms with Crippen molar-refractivity contribution in [2.45, 2.75) is 24.7 Å². The van der Waals surface area contributed by atoms with Crippen molar-refractivity contribution in [2.24, 2.45) is 0 Å². The van der Waals surface area contributed by atoms with Crippen LogP contribution in [0.5, 0.6) is 0 Å². The van der Waals surface area contributed by atoms with E-state index < -0.39 is 14.9 Å². The van der Waals surface area contributed by atoms with Crippen molar-refractivity contribution >= 4 is 21.4 Å². The van der Waals surface area contributed by atoms with Crippen molar-refractivity contribution in [3.8, 4) is 0 Å². The highest BCUT2D eigenvalue weighted by molar-refractivity contribution is 7.89. The highest BCUT2D eigenvalue weighted by Gasteiger charge is 2.33. The molecule has 8 heteroatoms. The smallest absolute Gasteiger partial charge is 0.289 e. The van der Waals surface area contributed by atoms with Crippen molar-refractivity contribution in [1.82, 2.24) is 4.31 Å². The standard InChI is InChI=1S/C12H17N3O4S/c1-2-13-10-5-6-11(15(16)17)12(9-10)20(18,19)14-7-3-4-8-14/h5-6,9,13H,2-4,7-8H2,1H3. The number of hydrogen-bond acceptors (Lipinski definition) is 5. The van der Waals surface area contributed by atoms with Gasteiger partial charge in [0.1, 0.15) is 0 Å². The number of nitro benzene ring substituents is 1. The molecule has 0 unspecified atom stereocenters. The van der Waals surface area contributed by atoms with E-state index in [0.29, 0.717) is 25.3 Å². The summed E-state index contributed by atoms with van der Waals surface area (Å²) in [5, 5.41) is 14.0. The molecule has 1 saturated heterocycles. The number of sulfonamides is 1. The van der Waals surface area contributed by atoms with Crippen molar-refractivity contribution in [3.05, 3.63) is 28.3 Å². The van der Waals surface area contributed by atoms with E-state index in [9.17, 15) is 18.5 Å². The van der Waals surface area contributed by atoms with E-state index >= 15 is 0 Å². The van der Waals surface area contributed by atoms with Crippen LogP contribution in [0.1, 0.15) is 19.8 Å². The SMILES string of the molecule is CCNc1ccc([N+](=O)[O-])c(S(=O)(=O)N2CCCC2)c1. The lowest BCUT2D eigenvalue weighted by molar-refractivity contribution is -0.387. The number of benzene rings is 1. The van der Waals surface area contributed by atoms with Crippen molar-refractivity contribution in [3.63, 3.8) is 0 Å². The van der Waals surface area contributed by atoms with Gasteiger partial charge in [-0.05, 0) is 31.9 Å². The van der Waals surface area contributed by atoms with Gasteiger partial charge in [-0.25, -0.2) is 8.42 Å². The molecule has 0 radical (unpaired) electrons. The Morgan fingerprint density at radius 2 is 2.00 bits per heavy atom. The summed E-state index contributed by atoms with van der Waals surface area (Å²) >= 11 is 0. The molecule has 1 aliphatic heterocycles. The minimum atomic E-state index is -3.80. The van der Waals surface area contributed by atoms with Crippen LogP contribution >= 0.6 is 0 Å². The van der Waals surface area contributed by atoms with Crippen LogP contribution in [-0.4, -0.2) is 37.3 Å². The van der Waals surface area contributed by atoms with E-state index in [1.54, 1.807) is 0 Å². The maximum Gasteiger partial charge on any atom is 0.289 e. The third-order valence-corrected chi connectivity index (χ3v) is 5.15. The molecule has 1 aromatic carbocycles. The molecule has 1 aromatic rings. The molecule has 20 heavy (non-hydrogen) atoms. The topological polar surface area (TPSA) is 92.5 Å². The van der Waals surface area contributed by atoms with Crippen LogP contribution in [0, 0.1) is 10.1 Å². The highest BCUT2D eigenvalue weighted by Crippen LogP contribution is 2.31. The number of nitro groups is 1. The molecule has 0 aromatic heterocycles. The van der Waals surface area contributed by atoms with Gasteiger partial charge in [0.15, 0.2) is 4.90 Å². The van der Waals surface area contributed by atoms with E-state index in [0.717, 1.165) is 12.8 Å². The largest absolute Gasteiger partial charge is 0.385 e. The van der Waals surface area contributed by atoms with E-state index in [-0.39, 0.29) is 10.6 Å². The van der Waals surface area contributed by atoms with Gasteiger partial charge in [0.2, 0.25) is 10.0 Å². The first-order valence-electron chi connectivity index (χ1n) is 6.49. The number of nitrogens with zero attached hydrogens (tertiary/aromatic N) is 2. The van der Waals surface area contributed by atoms with E-state index in [2.05, 4.69) is 5.32 Å². The fourth-order valence-electron chi connectivity index (χ4n) is 2.25. The van der Waals surface area contributed by atoms with Crippen LogP contribution in [0.3, 0.4) is 0 Å². The number of anilines is 1. The Morgan fingerprint density at radius 3 is 2.55 bits per heavy atom. The second-order valence-corrected chi connectivity index (χ2v) is 6.49. The maximum atomic E-state index is 12.5. The third-order valence-electron chi connectivity index (χ3n) is 3.22. The number of rotatable bonds is 5. The summed E-state index contributed by atoms with van der Waals surface area (Å²) in [6.07, 6.45) is 1.58. The first-order valence-corrected chi connectivity index (χ1v) is 7.93. The Morgan fingerprint density at radius 1 is 1.35 bits per heavy atom. The molecular weight excluding hydrogens is 282 g/mol. The van der Waals surface area contributed by atoms with Gasteiger partial charge in [0, 0.05) is 31.4 Å². The number of hydrogen-bond donors (Lipinski definition) is 1. The van der Waals surface area contributed by atoms with Gasteiger partial charge in [0.05, 0.1) is 4.92 Å². The van der Waals surface area contributed by atoms with Gasteiger partial charge in [0.25, 0.3) is 5.69 Å². The molecule has 0 bridgehead atoms. The quantitative estimate of drug-likeness (QED) is 0.661. The average Bonchev–Trinajstić information content (AvgIpc) is 2.93. The minimum absolute atomic E-state index is 0.233. The average molecular weight is 299 g/mol. The Kier molecular flexibility index (Phi) is 4.24. The van der Waals surface area contributed by atoms with E-state index in [4.69, 9.17) is 0 Å². The van der Waals surface area contributed by atoms with E-state index in [1.807, 2.05) is 6.92 Å². The zero-order valence-corrected chi connectivity index (χ0v) is 12.0. The molecule has 0 atom stereocenters. The van der Waals surface area contributed by atoms with Crippen LogP contribution in [0.25, 0.3) is 0 Å². The van der Waals surface area contributed by atoms with Gasteiger partial charge in [-0.3, -0.25) is 10.1 Å². The molecule has 1 N–H and O–H groups in total. The first kappa shape index (κ1) is 14.7. The van der Waals surface area contributed by atoms with Crippen molar-refractivity contribution in [1.29, 1.82) is 0 Å². The summed E-state index contributed by atoms with van der Waals surface area (Å²) in [6, 6.07) is 4.10. The summed E-state index contributed by atoms with van der Waals surface area (Å²) < 4.78 is 26.3. The Hall–Kier alpha value is -1.67. The summed E-state index contributed by atoms with van der Waals surface area (Å²) in [6.45, 7) is 3.33. The second kappa shape index (κ2) is 5.76. The maximum absolute atomic E-state index is 12.5. The van der Waals surface area contributed by atoms with Crippen molar-refractivity contribution < 1.29 is 13.3 Å². The molecule has 1 aliphatic rings. The molecule has 0 aliphatic carbocycles. The molecule has 0 amide bonds. The van der Waals surface area contributed by atoms with Crippen LogP contribution in [-0.2, 0) is 10.0 Å². The van der Waals surface area contributed by atoms with Crippen LogP contribution in [0.15, 0.2) is 23.1 Å². The molecule has 7 nitrogen and oxygen atoms in total. The molecule has 110 valence electrons. The van der Waals surface area contributed by atoms with Crippen LogP contribution < -0.4 is 5.32 Å². The predicted octanol–water partition coefficient (Wildman–Crippen LogP) is 1.81. The summed E-state index contributed by atoms with van der Waals surface area (Å²) in [7, 11) is -3.80. The predicted molar refractivity (Wildman–Crippen MR) is 75.3 cm³/mol. The fraction of sp³-hybridized carbons (Fsp3) is 0.500. The molecule has 1 fully saturated rings. The lowest BCUT2D eigenvalue weighted by atomic mass is 10.3. The minimum Gasteiger partial charge on any atom is -0.385 e. The zero-order chi connectivity index (χ0) is 14.8. The van der Waals surface area contributed by atoms with Gasteiger partial charge < -0.3 is 5.32 Å². The monoisotopic (exact) mass is 299 g/mol. The highest BCUT2D eigenvalue weighted by atomic mass is 32.2. The Labute approximate surface area is 117 Å². The van der Waals surface area contributed by atoms with Gasteiger partial charge in [-0.2, -0.15) is 4.31 Å². The van der Waals surface area contributed by atoms with E-state index in [1.165, 1.54) is 22.5 Å².